The molecule has 6 heteroatoms. The van der Waals surface area contributed by atoms with Gasteiger partial charge in [-0.2, -0.15) is 0 Å². The number of carbonyl (C=O) groups excluding carboxylic acids is 1. The van der Waals surface area contributed by atoms with Crippen LogP contribution < -0.4 is 14.4 Å². The van der Waals surface area contributed by atoms with Crippen LogP contribution in [0.2, 0.25) is 0 Å². The smallest absolute Gasteiger partial charge is 0.246 e. The maximum Gasteiger partial charge on any atom is 0.246 e. The largest absolute Gasteiger partial charge is 0.490 e. The molecule has 6 nitrogen and oxygen atoms in total. The van der Waals surface area contributed by atoms with Crippen molar-refractivity contribution in [1.29, 1.82) is 0 Å². The van der Waals surface area contributed by atoms with Crippen molar-refractivity contribution < 1.29 is 14.3 Å². The standard InChI is InChI=1S/C21H23N3O3/c25-21(24-12-10-23(11-13-24)20-4-1-2-9-22-20)8-6-17-5-7-18-19(16-17)27-15-3-14-26-18/h1-2,4-9,16H,3,10-15H2/b8-6+. The second kappa shape index (κ2) is 8.12. The van der Waals surface area contributed by atoms with E-state index in [0.717, 1.165) is 42.4 Å². The fourth-order valence-electron chi connectivity index (χ4n) is 3.25. The van der Waals surface area contributed by atoms with Crippen LogP contribution in [-0.4, -0.2) is 55.2 Å². The number of aromatic nitrogens is 1. The summed E-state index contributed by atoms with van der Waals surface area (Å²) in [6.45, 7) is 4.30. The van der Waals surface area contributed by atoms with Crippen LogP contribution in [0.5, 0.6) is 11.5 Å². The lowest BCUT2D eigenvalue weighted by Crippen LogP contribution is -2.48. The quantitative estimate of drug-likeness (QED) is 0.783. The van der Waals surface area contributed by atoms with Crippen molar-refractivity contribution >= 4 is 17.8 Å². The van der Waals surface area contributed by atoms with Crippen molar-refractivity contribution in [3.63, 3.8) is 0 Å². The van der Waals surface area contributed by atoms with Crippen molar-refractivity contribution in [3.8, 4) is 11.5 Å². The predicted octanol–water partition coefficient (Wildman–Crippen LogP) is 2.60. The number of ether oxygens (including phenoxy) is 2. The Kier molecular flexibility index (Phi) is 5.23. The third kappa shape index (κ3) is 4.22. The molecule has 0 atom stereocenters. The molecule has 2 aliphatic heterocycles. The van der Waals surface area contributed by atoms with E-state index in [2.05, 4.69) is 9.88 Å². The number of benzene rings is 1. The van der Waals surface area contributed by atoms with E-state index < -0.39 is 0 Å². The van der Waals surface area contributed by atoms with Gasteiger partial charge in [0.05, 0.1) is 13.2 Å². The van der Waals surface area contributed by atoms with E-state index in [4.69, 9.17) is 9.47 Å². The number of carbonyl (C=O) groups is 1. The van der Waals surface area contributed by atoms with Gasteiger partial charge >= 0.3 is 0 Å². The van der Waals surface area contributed by atoms with Crippen molar-refractivity contribution in [2.45, 2.75) is 6.42 Å². The van der Waals surface area contributed by atoms with Crippen LogP contribution in [0.4, 0.5) is 5.82 Å². The van der Waals surface area contributed by atoms with Crippen molar-refractivity contribution in [3.05, 3.63) is 54.2 Å². The van der Waals surface area contributed by atoms with Gasteiger partial charge in [0.2, 0.25) is 5.91 Å². The zero-order valence-electron chi connectivity index (χ0n) is 15.2. The molecule has 3 heterocycles. The maximum absolute atomic E-state index is 12.5. The monoisotopic (exact) mass is 365 g/mol. The fourth-order valence-corrected chi connectivity index (χ4v) is 3.25. The van der Waals surface area contributed by atoms with Gasteiger partial charge in [-0.3, -0.25) is 4.79 Å². The summed E-state index contributed by atoms with van der Waals surface area (Å²) in [5.74, 6) is 2.50. The van der Waals surface area contributed by atoms with Crippen LogP contribution in [0.3, 0.4) is 0 Å². The third-order valence-electron chi connectivity index (χ3n) is 4.75. The molecule has 0 spiro atoms. The molecule has 0 saturated carbocycles. The van der Waals surface area contributed by atoms with Crippen LogP contribution in [0.1, 0.15) is 12.0 Å². The lowest BCUT2D eigenvalue weighted by molar-refractivity contribution is -0.126. The van der Waals surface area contributed by atoms with Crippen LogP contribution in [0.15, 0.2) is 48.7 Å². The Morgan fingerprint density at radius 3 is 2.59 bits per heavy atom. The summed E-state index contributed by atoms with van der Waals surface area (Å²) in [4.78, 5) is 21.0. The summed E-state index contributed by atoms with van der Waals surface area (Å²) in [5, 5.41) is 0. The molecule has 0 aliphatic carbocycles. The summed E-state index contributed by atoms with van der Waals surface area (Å²) in [7, 11) is 0. The summed E-state index contributed by atoms with van der Waals surface area (Å²) in [6.07, 6.45) is 6.14. The summed E-state index contributed by atoms with van der Waals surface area (Å²) in [5.41, 5.74) is 0.930. The lowest BCUT2D eigenvalue weighted by Gasteiger charge is -2.34. The van der Waals surface area contributed by atoms with Gasteiger partial charge in [-0.05, 0) is 35.9 Å². The molecule has 2 aliphatic rings. The van der Waals surface area contributed by atoms with Crippen LogP contribution in [0.25, 0.3) is 6.08 Å². The Morgan fingerprint density at radius 1 is 1.00 bits per heavy atom. The van der Waals surface area contributed by atoms with Gasteiger partial charge in [-0.15, -0.1) is 0 Å². The molecule has 0 radical (unpaired) electrons. The maximum atomic E-state index is 12.5. The van der Waals surface area contributed by atoms with E-state index in [1.165, 1.54) is 0 Å². The second-order valence-electron chi connectivity index (χ2n) is 6.59. The molecule has 27 heavy (non-hydrogen) atoms. The predicted molar refractivity (Wildman–Crippen MR) is 104 cm³/mol. The zero-order valence-corrected chi connectivity index (χ0v) is 15.2. The van der Waals surface area contributed by atoms with E-state index in [9.17, 15) is 4.79 Å². The molecule has 0 bridgehead atoms. The van der Waals surface area contributed by atoms with E-state index >= 15 is 0 Å². The Bertz CT molecular complexity index is 815. The van der Waals surface area contributed by atoms with E-state index in [1.54, 1.807) is 12.3 Å². The van der Waals surface area contributed by atoms with E-state index in [-0.39, 0.29) is 5.91 Å². The number of nitrogens with zero attached hydrogens (tertiary/aromatic N) is 3. The number of hydrogen-bond donors (Lipinski definition) is 0. The molecular weight excluding hydrogens is 342 g/mol. The third-order valence-corrected chi connectivity index (χ3v) is 4.75. The SMILES string of the molecule is O=C(/C=C/c1ccc2c(c1)OCCCO2)N1CCN(c2ccccn2)CC1. The number of anilines is 1. The van der Waals surface area contributed by atoms with Gasteiger partial charge in [-0.25, -0.2) is 4.98 Å². The molecule has 140 valence electrons. The molecule has 0 unspecified atom stereocenters. The van der Waals surface area contributed by atoms with Crippen LogP contribution in [0, 0.1) is 0 Å². The minimum absolute atomic E-state index is 0.0304. The molecule has 1 amide bonds. The Balaban J connectivity index is 1.35. The number of fused-ring (bicyclic) bond motifs is 1. The molecule has 1 fully saturated rings. The fraction of sp³-hybridized carbons (Fsp3) is 0.333. The summed E-state index contributed by atoms with van der Waals surface area (Å²) in [6, 6.07) is 11.7. The van der Waals surface area contributed by atoms with E-state index in [1.807, 2.05) is 47.4 Å². The number of hydrogen-bond acceptors (Lipinski definition) is 5. The molecule has 1 saturated heterocycles. The molecule has 0 N–H and O–H groups in total. The second-order valence-corrected chi connectivity index (χ2v) is 6.59. The molecule has 1 aromatic carbocycles. The Hall–Kier alpha value is -3.02. The number of piperazine rings is 1. The molecule has 2 aromatic rings. The highest BCUT2D eigenvalue weighted by molar-refractivity contribution is 5.92. The first-order chi connectivity index (χ1) is 13.3. The zero-order chi connectivity index (χ0) is 18.5. The average Bonchev–Trinajstić information content (AvgIpc) is 2.98. The van der Waals surface area contributed by atoms with Gasteiger partial charge in [0, 0.05) is 44.9 Å². The Labute approximate surface area is 159 Å². The normalized spacial score (nSPS) is 17.0. The molecular formula is C21H23N3O3. The lowest BCUT2D eigenvalue weighted by atomic mass is 10.2. The van der Waals surface area contributed by atoms with Crippen molar-refractivity contribution in [2.75, 3.05) is 44.3 Å². The first kappa shape index (κ1) is 17.4. The van der Waals surface area contributed by atoms with Gasteiger partial charge in [-0.1, -0.05) is 12.1 Å². The highest BCUT2D eigenvalue weighted by Gasteiger charge is 2.20. The topological polar surface area (TPSA) is 54.9 Å². The highest BCUT2D eigenvalue weighted by Crippen LogP contribution is 2.30. The number of pyridine rings is 1. The van der Waals surface area contributed by atoms with Gasteiger partial charge in [0.1, 0.15) is 5.82 Å². The molecule has 1 aromatic heterocycles. The Morgan fingerprint density at radius 2 is 1.81 bits per heavy atom. The van der Waals surface area contributed by atoms with Gasteiger partial charge < -0.3 is 19.3 Å². The summed E-state index contributed by atoms with van der Waals surface area (Å²) >= 11 is 0. The van der Waals surface area contributed by atoms with E-state index in [0.29, 0.717) is 26.3 Å². The first-order valence-corrected chi connectivity index (χ1v) is 9.32. The highest BCUT2D eigenvalue weighted by atomic mass is 16.5. The van der Waals surface area contributed by atoms with Gasteiger partial charge in [0.25, 0.3) is 0 Å². The number of amides is 1. The van der Waals surface area contributed by atoms with Crippen molar-refractivity contribution in [2.24, 2.45) is 0 Å². The first-order valence-electron chi connectivity index (χ1n) is 9.32. The summed E-state index contributed by atoms with van der Waals surface area (Å²) < 4.78 is 11.3. The van der Waals surface area contributed by atoms with Gasteiger partial charge in [0.15, 0.2) is 11.5 Å². The minimum Gasteiger partial charge on any atom is -0.490 e. The van der Waals surface area contributed by atoms with Crippen molar-refractivity contribution in [1.82, 2.24) is 9.88 Å². The minimum atomic E-state index is 0.0304. The van der Waals surface area contributed by atoms with Crippen LogP contribution in [-0.2, 0) is 4.79 Å². The van der Waals surface area contributed by atoms with Crippen LogP contribution >= 0.6 is 0 Å². The number of rotatable bonds is 3. The average molecular weight is 365 g/mol. The molecule has 4 rings (SSSR count).